The number of fused-ring (bicyclic) bond motifs is 1. The molecule has 1 aliphatic rings. The SMILES string of the molecule is O=C(c1ccc2c(c1)CNCCCCCCCN2C(=O)c1cccnc1)N(CCO)Cc1ccccc1. The molecule has 37 heavy (non-hydrogen) atoms. The van der Waals surface area contributed by atoms with E-state index in [2.05, 4.69) is 10.3 Å². The van der Waals surface area contributed by atoms with E-state index in [4.69, 9.17) is 0 Å². The van der Waals surface area contributed by atoms with Gasteiger partial charge in [0, 0.05) is 49.8 Å². The van der Waals surface area contributed by atoms with Crippen LogP contribution in [0.3, 0.4) is 0 Å². The fourth-order valence-electron chi connectivity index (χ4n) is 4.73. The summed E-state index contributed by atoms with van der Waals surface area (Å²) in [7, 11) is 0. The molecule has 0 saturated heterocycles. The van der Waals surface area contributed by atoms with Gasteiger partial charge < -0.3 is 20.2 Å². The maximum atomic E-state index is 13.6. The second-order valence-electron chi connectivity index (χ2n) is 9.42. The Morgan fingerprint density at radius 2 is 1.76 bits per heavy atom. The van der Waals surface area contributed by atoms with Crippen molar-refractivity contribution in [2.45, 2.75) is 45.2 Å². The van der Waals surface area contributed by atoms with Crippen LogP contribution in [-0.2, 0) is 13.1 Å². The zero-order valence-corrected chi connectivity index (χ0v) is 21.3. The third-order valence-corrected chi connectivity index (χ3v) is 6.69. The molecule has 0 unspecified atom stereocenters. The second kappa shape index (κ2) is 13.7. The largest absolute Gasteiger partial charge is 0.395 e. The van der Waals surface area contributed by atoms with Crippen molar-refractivity contribution in [1.29, 1.82) is 0 Å². The molecular formula is C30H36N4O3. The van der Waals surface area contributed by atoms with Crippen LogP contribution in [-0.4, -0.2) is 53.0 Å². The van der Waals surface area contributed by atoms with Gasteiger partial charge in [-0.25, -0.2) is 0 Å². The highest BCUT2D eigenvalue weighted by molar-refractivity contribution is 6.06. The van der Waals surface area contributed by atoms with Gasteiger partial charge >= 0.3 is 0 Å². The molecule has 2 aromatic carbocycles. The van der Waals surface area contributed by atoms with E-state index in [0.717, 1.165) is 55.5 Å². The fraction of sp³-hybridized carbons (Fsp3) is 0.367. The molecule has 2 heterocycles. The molecule has 0 fully saturated rings. The molecule has 3 aromatic rings. The smallest absolute Gasteiger partial charge is 0.259 e. The molecular weight excluding hydrogens is 464 g/mol. The molecule has 0 aliphatic carbocycles. The van der Waals surface area contributed by atoms with Crippen molar-refractivity contribution in [3.8, 4) is 0 Å². The third-order valence-electron chi connectivity index (χ3n) is 6.69. The van der Waals surface area contributed by atoms with Gasteiger partial charge in [0.2, 0.25) is 0 Å². The predicted octanol–water partition coefficient (Wildman–Crippen LogP) is 4.42. The zero-order chi connectivity index (χ0) is 25.9. The van der Waals surface area contributed by atoms with Gasteiger partial charge in [0.25, 0.3) is 11.8 Å². The monoisotopic (exact) mass is 500 g/mol. The molecule has 1 aliphatic heterocycles. The minimum Gasteiger partial charge on any atom is -0.395 e. The maximum Gasteiger partial charge on any atom is 0.259 e. The first-order chi connectivity index (χ1) is 18.2. The average molecular weight is 501 g/mol. The fourth-order valence-corrected chi connectivity index (χ4v) is 4.73. The number of nitrogens with one attached hydrogen (secondary N) is 1. The van der Waals surface area contributed by atoms with Gasteiger partial charge in [-0.3, -0.25) is 14.6 Å². The summed E-state index contributed by atoms with van der Waals surface area (Å²) >= 11 is 0. The number of anilines is 1. The summed E-state index contributed by atoms with van der Waals surface area (Å²) in [5, 5.41) is 13.1. The molecule has 0 radical (unpaired) electrons. The number of hydrogen-bond donors (Lipinski definition) is 2. The Balaban J connectivity index is 1.66. The van der Waals surface area contributed by atoms with Crippen LogP contribution in [0.2, 0.25) is 0 Å². The number of carbonyl (C=O) groups is 2. The van der Waals surface area contributed by atoms with Crippen LogP contribution < -0.4 is 10.2 Å². The summed E-state index contributed by atoms with van der Waals surface area (Å²) in [5.41, 5.74) is 3.82. The molecule has 4 rings (SSSR count). The van der Waals surface area contributed by atoms with Crippen LogP contribution >= 0.6 is 0 Å². The van der Waals surface area contributed by atoms with Crippen LogP contribution in [0.25, 0.3) is 0 Å². The van der Waals surface area contributed by atoms with Gasteiger partial charge in [-0.1, -0.05) is 49.6 Å². The molecule has 0 atom stereocenters. The van der Waals surface area contributed by atoms with E-state index in [-0.39, 0.29) is 25.0 Å². The number of hydrogen-bond acceptors (Lipinski definition) is 5. The molecule has 7 nitrogen and oxygen atoms in total. The van der Waals surface area contributed by atoms with Gasteiger partial charge in [-0.2, -0.15) is 0 Å². The van der Waals surface area contributed by atoms with E-state index in [1.54, 1.807) is 35.5 Å². The third kappa shape index (κ3) is 7.24. The van der Waals surface area contributed by atoms with Gasteiger partial charge in [-0.15, -0.1) is 0 Å². The van der Waals surface area contributed by atoms with Crippen molar-refractivity contribution >= 4 is 17.5 Å². The topological polar surface area (TPSA) is 85.8 Å². The molecule has 1 aromatic heterocycles. The number of benzene rings is 2. The summed E-state index contributed by atoms with van der Waals surface area (Å²) < 4.78 is 0. The van der Waals surface area contributed by atoms with Crippen LogP contribution in [0.15, 0.2) is 73.1 Å². The van der Waals surface area contributed by atoms with E-state index in [1.807, 2.05) is 47.4 Å². The maximum absolute atomic E-state index is 13.6. The average Bonchev–Trinajstić information content (AvgIpc) is 2.93. The van der Waals surface area contributed by atoms with E-state index in [1.165, 1.54) is 0 Å². The zero-order valence-electron chi connectivity index (χ0n) is 21.3. The number of aromatic nitrogens is 1. The summed E-state index contributed by atoms with van der Waals surface area (Å²) in [5.74, 6) is -0.228. The first-order valence-electron chi connectivity index (χ1n) is 13.2. The lowest BCUT2D eigenvalue weighted by Gasteiger charge is -2.27. The Hall–Kier alpha value is -3.55. The Bertz CT molecular complexity index is 1150. The second-order valence-corrected chi connectivity index (χ2v) is 9.42. The molecule has 0 bridgehead atoms. The predicted molar refractivity (Wildman–Crippen MR) is 145 cm³/mol. The molecule has 2 N–H and O–H groups in total. The lowest BCUT2D eigenvalue weighted by atomic mass is 10.0. The molecule has 0 spiro atoms. The summed E-state index contributed by atoms with van der Waals surface area (Å²) in [6.07, 6.45) is 8.66. The molecule has 0 saturated carbocycles. The quantitative estimate of drug-likeness (QED) is 0.524. The minimum atomic E-state index is -0.142. The number of carbonyl (C=O) groups excluding carboxylic acids is 2. The van der Waals surface area contributed by atoms with E-state index in [9.17, 15) is 14.7 Å². The normalized spacial score (nSPS) is 14.7. The highest BCUT2D eigenvalue weighted by Crippen LogP contribution is 2.26. The highest BCUT2D eigenvalue weighted by Gasteiger charge is 2.23. The number of pyridine rings is 1. The first-order valence-corrected chi connectivity index (χ1v) is 13.2. The Morgan fingerprint density at radius 3 is 2.54 bits per heavy atom. The minimum absolute atomic E-state index is 0.0866. The molecule has 2 amide bonds. The Morgan fingerprint density at radius 1 is 0.946 bits per heavy atom. The lowest BCUT2D eigenvalue weighted by Crippen LogP contribution is -2.35. The summed E-state index contributed by atoms with van der Waals surface area (Å²) in [6.45, 7) is 2.61. The van der Waals surface area contributed by atoms with Crippen LogP contribution in [0.4, 0.5) is 5.69 Å². The number of aliphatic hydroxyl groups excluding tert-OH is 1. The number of aliphatic hydroxyl groups is 1. The van der Waals surface area contributed by atoms with E-state index in [0.29, 0.717) is 30.8 Å². The Kier molecular flexibility index (Phi) is 9.80. The lowest BCUT2D eigenvalue weighted by molar-refractivity contribution is 0.0707. The van der Waals surface area contributed by atoms with Crippen molar-refractivity contribution in [3.63, 3.8) is 0 Å². The standard InChI is InChI=1S/C30H36N4O3/c35-19-18-33(23-24-10-5-4-6-11-24)29(36)25-13-14-28-27(20-25)22-31-15-7-2-1-3-8-17-34(28)30(37)26-12-9-16-32-21-26/h4-6,9-14,16,20-21,31,35H,1-3,7-8,15,17-19,22-23H2. The number of rotatable bonds is 6. The number of amides is 2. The van der Waals surface area contributed by atoms with Crippen LogP contribution in [0, 0.1) is 0 Å². The highest BCUT2D eigenvalue weighted by atomic mass is 16.3. The summed E-state index contributed by atoms with van der Waals surface area (Å²) in [6, 6.07) is 18.9. The van der Waals surface area contributed by atoms with E-state index < -0.39 is 0 Å². The van der Waals surface area contributed by atoms with Gasteiger partial charge in [0.1, 0.15) is 0 Å². The van der Waals surface area contributed by atoms with Gasteiger partial charge in [0.15, 0.2) is 0 Å². The molecule has 194 valence electrons. The summed E-state index contributed by atoms with van der Waals surface area (Å²) in [4.78, 5) is 34.7. The van der Waals surface area contributed by atoms with Gasteiger partial charge in [0.05, 0.1) is 12.2 Å². The first kappa shape index (κ1) is 26.5. The van der Waals surface area contributed by atoms with Crippen molar-refractivity contribution in [3.05, 3.63) is 95.3 Å². The van der Waals surface area contributed by atoms with Crippen molar-refractivity contribution in [2.75, 3.05) is 31.1 Å². The number of nitrogens with zero attached hydrogens (tertiary/aromatic N) is 3. The van der Waals surface area contributed by atoms with Crippen molar-refractivity contribution in [2.24, 2.45) is 0 Å². The van der Waals surface area contributed by atoms with Crippen LogP contribution in [0.5, 0.6) is 0 Å². The van der Waals surface area contributed by atoms with Crippen LogP contribution in [0.1, 0.15) is 63.9 Å². The van der Waals surface area contributed by atoms with E-state index >= 15 is 0 Å². The Labute approximate surface area is 219 Å². The molecule has 7 heteroatoms. The van der Waals surface area contributed by atoms with Gasteiger partial charge in [-0.05, 0) is 60.8 Å². The van der Waals surface area contributed by atoms with Crippen molar-refractivity contribution < 1.29 is 14.7 Å². The van der Waals surface area contributed by atoms with Crippen molar-refractivity contribution in [1.82, 2.24) is 15.2 Å².